The van der Waals surface area contributed by atoms with E-state index in [0.29, 0.717) is 18.4 Å². The molecule has 1 saturated heterocycles. The van der Waals surface area contributed by atoms with Crippen LogP contribution in [0.25, 0.3) is 0 Å². The van der Waals surface area contributed by atoms with Gasteiger partial charge in [0, 0.05) is 19.1 Å². The molecule has 0 saturated carbocycles. The number of aliphatic carboxylic acids is 1. The molecule has 1 aromatic rings. The molecule has 19 heavy (non-hydrogen) atoms. The Labute approximate surface area is 113 Å². The van der Waals surface area contributed by atoms with Crippen LogP contribution < -0.4 is 4.74 Å². The van der Waals surface area contributed by atoms with Crippen molar-refractivity contribution >= 4 is 5.97 Å². The van der Waals surface area contributed by atoms with Gasteiger partial charge in [-0.25, -0.2) is 0 Å². The van der Waals surface area contributed by atoms with Crippen molar-refractivity contribution in [2.45, 2.75) is 25.3 Å². The van der Waals surface area contributed by atoms with Gasteiger partial charge in [-0.2, -0.15) is 0 Å². The van der Waals surface area contributed by atoms with E-state index < -0.39 is 5.97 Å². The van der Waals surface area contributed by atoms with E-state index in [-0.39, 0.29) is 0 Å². The number of hydrogen-bond acceptors (Lipinski definition) is 3. The van der Waals surface area contributed by atoms with Gasteiger partial charge in [0.1, 0.15) is 5.75 Å². The van der Waals surface area contributed by atoms with Gasteiger partial charge in [-0.05, 0) is 42.0 Å². The van der Waals surface area contributed by atoms with Gasteiger partial charge in [0.05, 0.1) is 13.5 Å². The van der Waals surface area contributed by atoms with Gasteiger partial charge in [-0.1, -0.05) is 6.07 Å². The summed E-state index contributed by atoms with van der Waals surface area (Å²) in [5, 5.41) is 8.79. The molecule has 1 N–H and O–H groups in total. The zero-order chi connectivity index (χ0) is 13.4. The van der Waals surface area contributed by atoms with Crippen molar-refractivity contribution in [3.05, 3.63) is 29.3 Å². The molecule has 102 valence electrons. The van der Waals surface area contributed by atoms with E-state index in [9.17, 15) is 4.79 Å². The molecule has 0 spiro atoms. The van der Waals surface area contributed by atoms with E-state index in [2.05, 4.69) is 17.0 Å². The van der Waals surface area contributed by atoms with Crippen LogP contribution in [0.4, 0.5) is 0 Å². The molecule has 0 amide bonds. The first kappa shape index (κ1) is 12.5. The maximum Gasteiger partial charge on any atom is 0.303 e. The largest absolute Gasteiger partial charge is 0.497 e. The molecule has 0 radical (unpaired) electrons. The molecule has 1 aliphatic carbocycles. The fraction of sp³-hybridized carbons (Fsp3) is 0.533. The standard InChI is InChI=1S/C15H19NO3/c1-19-12-4-2-11-3-5-14(13(11)7-12)16-8-10(9-16)6-15(17)18/h2,4,7,10,14H,3,5-6,8-9H2,1H3,(H,17,18). The third-order valence-electron chi connectivity index (χ3n) is 4.29. The highest BCUT2D eigenvalue weighted by atomic mass is 16.5. The molecule has 3 rings (SSSR count). The summed E-state index contributed by atoms with van der Waals surface area (Å²) < 4.78 is 5.30. The van der Waals surface area contributed by atoms with Crippen LogP contribution in [0, 0.1) is 5.92 Å². The second-order valence-corrected chi connectivity index (χ2v) is 5.54. The number of carboxylic acid groups (broad SMARTS) is 1. The number of likely N-dealkylation sites (tertiary alicyclic amines) is 1. The Morgan fingerprint density at radius 1 is 1.47 bits per heavy atom. The van der Waals surface area contributed by atoms with Crippen molar-refractivity contribution in [2.75, 3.05) is 20.2 Å². The number of carboxylic acids is 1. The van der Waals surface area contributed by atoms with Crippen LogP contribution in [0.2, 0.25) is 0 Å². The third kappa shape index (κ3) is 2.32. The van der Waals surface area contributed by atoms with E-state index in [4.69, 9.17) is 9.84 Å². The van der Waals surface area contributed by atoms with Crippen molar-refractivity contribution in [3.63, 3.8) is 0 Å². The number of rotatable bonds is 4. The van der Waals surface area contributed by atoms with Crippen molar-refractivity contribution in [1.29, 1.82) is 0 Å². The Morgan fingerprint density at radius 2 is 2.26 bits per heavy atom. The van der Waals surface area contributed by atoms with Gasteiger partial charge in [-0.3, -0.25) is 9.69 Å². The number of methoxy groups -OCH3 is 1. The summed E-state index contributed by atoms with van der Waals surface area (Å²) >= 11 is 0. The minimum Gasteiger partial charge on any atom is -0.497 e. The monoisotopic (exact) mass is 261 g/mol. The smallest absolute Gasteiger partial charge is 0.303 e. The van der Waals surface area contributed by atoms with E-state index in [1.807, 2.05) is 6.07 Å². The zero-order valence-corrected chi connectivity index (χ0v) is 11.1. The maximum absolute atomic E-state index is 10.7. The summed E-state index contributed by atoms with van der Waals surface area (Å²) in [4.78, 5) is 13.1. The first-order valence-corrected chi connectivity index (χ1v) is 6.80. The van der Waals surface area contributed by atoms with Gasteiger partial charge >= 0.3 is 5.97 Å². The van der Waals surface area contributed by atoms with Crippen LogP contribution in [-0.2, 0) is 11.2 Å². The average molecular weight is 261 g/mol. The van der Waals surface area contributed by atoms with E-state index in [1.165, 1.54) is 11.1 Å². The molecule has 4 nitrogen and oxygen atoms in total. The molecule has 0 aromatic heterocycles. The lowest BCUT2D eigenvalue weighted by Gasteiger charge is -2.43. The lowest BCUT2D eigenvalue weighted by atomic mass is 9.92. The van der Waals surface area contributed by atoms with Crippen LogP contribution in [0.5, 0.6) is 5.75 Å². The van der Waals surface area contributed by atoms with E-state index in [1.54, 1.807) is 7.11 Å². The summed E-state index contributed by atoms with van der Waals surface area (Å²) in [5.74, 6) is 0.554. The second-order valence-electron chi connectivity index (χ2n) is 5.54. The molecular weight excluding hydrogens is 242 g/mol. The van der Waals surface area contributed by atoms with Crippen LogP contribution in [0.1, 0.15) is 30.0 Å². The Kier molecular flexibility index (Phi) is 3.19. The molecule has 2 aliphatic rings. The highest BCUT2D eigenvalue weighted by Gasteiger charge is 2.37. The maximum atomic E-state index is 10.7. The second kappa shape index (κ2) is 4.85. The Bertz CT molecular complexity index is 494. The Balaban J connectivity index is 1.68. The summed E-state index contributed by atoms with van der Waals surface area (Å²) in [6.45, 7) is 1.82. The quantitative estimate of drug-likeness (QED) is 0.901. The first-order valence-electron chi connectivity index (χ1n) is 6.80. The van der Waals surface area contributed by atoms with E-state index >= 15 is 0 Å². The predicted molar refractivity (Wildman–Crippen MR) is 71.4 cm³/mol. The average Bonchev–Trinajstić information content (AvgIpc) is 2.75. The molecular formula is C15H19NO3. The molecule has 1 aromatic carbocycles. The van der Waals surface area contributed by atoms with Crippen molar-refractivity contribution in [1.82, 2.24) is 4.90 Å². The Hall–Kier alpha value is -1.55. The van der Waals surface area contributed by atoms with Gasteiger partial charge in [0.25, 0.3) is 0 Å². The van der Waals surface area contributed by atoms with Crippen LogP contribution in [0.3, 0.4) is 0 Å². The lowest BCUT2D eigenvalue weighted by Crippen LogP contribution is -2.48. The number of ether oxygens (including phenoxy) is 1. The Morgan fingerprint density at radius 3 is 2.95 bits per heavy atom. The van der Waals surface area contributed by atoms with Crippen LogP contribution in [0.15, 0.2) is 18.2 Å². The van der Waals surface area contributed by atoms with Crippen LogP contribution >= 0.6 is 0 Å². The number of benzene rings is 1. The van der Waals surface area contributed by atoms with Crippen molar-refractivity contribution < 1.29 is 14.6 Å². The fourth-order valence-corrected chi connectivity index (χ4v) is 3.31. The number of fused-ring (bicyclic) bond motifs is 1. The SMILES string of the molecule is COc1ccc2c(c1)C(N1CC(CC(=O)O)C1)CC2. The number of carbonyl (C=O) groups is 1. The highest BCUT2D eigenvalue weighted by Crippen LogP contribution is 2.41. The number of nitrogens with zero attached hydrogens (tertiary/aromatic N) is 1. The van der Waals surface area contributed by atoms with Gasteiger partial charge in [-0.15, -0.1) is 0 Å². The number of hydrogen-bond donors (Lipinski definition) is 1. The minimum atomic E-state index is -0.682. The summed E-state index contributed by atoms with van der Waals surface area (Å²) in [6.07, 6.45) is 2.56. The molecule has 0 bridgehead atoms. The van der Waals surface area contributed by atoms with Crippen molar-refractivity contribution in [2.24, 2.45) is 5.92 Å². The first-order chi connectivity index (χ1) is 9.17. The highest BCUT2D eigenvalue weighted by molar-refractivity contribution is 5.67. The number of aryl methyl sites for hydroxylation is 1. The molecule has 4 heteroatoms. The van der Waals surface area contributed by atoms with Gasteiger partial charge < -0.3 is 9.84 Å². The molecule has 1 atom stereocenters. The molecule has 1 heterocycles. The molecule has 1 aliphatic heterocycles. The summed E-state index contributed by atoms with van der Waals surface area (Å²) in [6, 6.07) is 6.76. The summed E-state index contributed by atoms with van der Waals surface area (Å²) in [7, 11) is 1.69. The topological polar surface area (TPSA) is 49.8 Å². The lowest BCUT2D eigenvalue weighted by molar-refractivity contribution is -0.139. The molecule has 1 fully saturated rings. The summed E-state index contributed by atoms with van der Waals surface area (Å²) in [5.41, 5.74) is 2.78. The normalized spacial score (nSPS) is 22.9. The van der Waals surface area contributed by atoms with Gasteiger partial charge in [0.2, 0.25) is 0 Å². The van der Waals surface area contributed by atoms with Gasteiger partial charge in [0.15, 0.2) is 0 Å². The predicted octanol–water partition coefficient (Wildman–Crippen LogP) is 2.09. The molecule has 1 unspecified atom stereocenters. The fourth-order valence-electron chi connectivity index (χ4n) is 3.31. The van der Waals surface area contributed by atoms with Crippen LogP contribution in [-0.4, -0.2) is 36.2 Å². The minimum absolute atomic E-state index is 0.300. The van der Waals surface area contributed by atoms with Crippen molar-refractivity contribution in [3.8, 4) is 5.75 Å². The van der Waals surface area contributed by atoms with E-state index in [0.717, 1.165) is 31.7 Å². The zero-order valence-electron chi connectivity index (χ0n) is 11.1. The third-order valence-corrected chi connectivity index (χ3v) is 4.29.